The minimum absolute atomic E-state index is 0.0788. The molecule has 0 bridgehead atoms. The van der Waals surface area contributed by atoms with Gasteiger partial charge >= 0.3 is 0 Å². The Morgan fingerprint density at radius 3 is 2.05 bits per heavy atom. The zero-order valence-electron chi connectivity index (χ0n) is 13.1. The topological polar surface area (TPSA) is 20.3 Å². The van der Waals surface area contributed by atoms with E-state index in [1.165, 1.54) is 5.56 Å². The smallest absolute Gasteiger partial charge is 0.179 e. The highest BCUT2D eigenvalue weighted by Gasteiger charge is 2.24. The molecule has 0 aliphatic carbocycles. The van der Waals surface area contributed by atoms with Gasteiger partial charge in [0, 0.05) is 11.6 Å². The molecule has 1 aromatic carbocycles. The molecule has 0 aliphatic rings. The van der Waals surface area contributed by atoms with Gasteiger partial charge < -0.3 is 0 Å². The van der Waals surface area contributed by atoms with E-state index in [2.05, 4.69) is 32.6 Å². The standard InChI is InChI=1S/C17H27NO/c1-7-15-8-10-16(11-9-15)17(19)14(5)18(6)13(4)12(2)3/h8-14H,7H2,1-6H3. The summed E-state index contributed by atoms with van der Waals surface area (Å²) >= 11 is 0. The Labute approximate surface area is 117 Å². The van der Waals surface area contributed by atoms with Gasteiger partial charge in [0.05, 0.1) is 6.04 Å². The summed E-state index contributed by atoms with van der Waals surface area (Å²) in [5, 5.41) is 0. The van der Waals surface area contributed by atoms with Crippen LogP contribution < -0.4 is 0 Å². The van der Waals surface area contributed by atoms with Gasteiger partial charge in [-0.05, 0) is 38.8 Å². The number of rotatable bonds is 6. The summed E-state index contributed by atoms with van der Waals surface area (Å²) in [5.74, 6) is 0.750. The maximum atomic E-state index is 12.5. The quantitative estimate of drug-likeness (QED) is 0.726. The number of Topliss-reactive ketones (excluding diaryl/α,β-unsaturated/α-hetero) is 1. The Balaban J connectivity index is 2.80. The van der Waals surface area contributed by atoms with Crippen molar-refractivity contribution < 1.29 is 4.79 Å². The van der Waals surface area contributed by atoms with Crippen LogP contribution in [0.25, 0.3) is 0 Å². The van der Waals surface area contributed by atoms with E-state index in [0.29, 0.717) is 12.0 Å². The molecule has 1 rings (SSSR count). The van der Waals surface area contributed by atoms with E-state index in [1.54, 1.807) is 0 Å². The largest absolute Gasteiger partial charge is 0.294 e. The van der Waals surface area contributed by atoms with Crippen LogP contribution in [0.3, 0.4) is 0 Å². The van der Waals surface area contributed by atoms with E-state index in [0.717, 1.165) is 12.0 Å². The maximum Gasteiger partial charge on any atom is 0.179 e. The minimum atomic E-state index is -0.0788. The molecular weight excluding hydrogens is 234 g/mol. The third kappa shape index (κ3) is 3.90. The number of benzene rings is 1. The third-order valence-electron chi connectivity index (χ3n) is 4.24. The van der Waals surface area contributed by atoms with Gasteiger partial charge in [0.15, 0.2) is 5.78 Å². The summed E-state index contributed by atoms with van der Waals surface area (Å²) in [5.41, 5.74) is 2.08. The highest BCUT2D eigenvalue weighted by atomic mass is 16.1. The Morgan fingerprint density at radius 1 is 1.11 bits per heavy atom. The van der Waals surface area contributed by atoms with E-state index in [-0.39, 0.29) is 11.8 Å². The summed E-state index contributed by atoms with van der Waals surface area (Å²) in [7, 11) is 2.04. The lowest BCUT2D eigenvalue weighted by atomic mass is 9.98. The van der Waals surface area contributed by atoms with Crippen molar-refractivity contribution in [2.75, 3.05) is 7.05 Å². The van der Waals surface area contributed by atoms with Gasteiger partial charge in [-0.15, -0.1) is 0 Å². The van der Waals surface area contributed by atoms with Gasteiger partial charge in [0.25, 0.3) is 0 Å². The lowest BCUT2D eigenvalue weighted by Crippen LogP contribution is -2.43. The predicted molar refractivity (Wildman–Crippen MR) is 81.7 cm³/mol. The zero-order chi connectivity index (χ0) is 14.6. The summed E-state index contributed by atoms with van der Waals surface area (Å²) < 4.78 is 0. The molecule has 0 aliphatic heterocycles. The molecule has 2 atom stereocenters. The first kappa shape index (κ1) is 15.9. The fourth-order valence-corrected chi connectivity index (χ4v) is 2.15. The summed E-state index contributed by atoms with van der Waals surface area (Å²) in [6.07, 6.45) is 1.01. The van der Waals surface area contributed by atoms with Gasteiger partial charge in [-0.25, -0.2) is 0 Å². The number of carbonyl (C=O) groups excluding carboxylic acids is 1. The number of hydrogen-bond acceptors (Lipinski definition) is 2. The van der Waals surface area contributed by atoms with Crippen molar-refractivity contribution in [3.63, 3.8) is 0 Å². The first-order valence-corrected chi connectivity index (χ1v) is 7.23. The van der Waals surface area contributed by atoms with Gasteiger partial charge in [-0.3, -0.25) is 9.69 Å². The highest BCUT2D eigenvalue weighted by Crippen LogP contribution is 2.15. The first-order valence-electron chi connectivity index (χ1n) is 7.23. The summed E-state index contributed by atoms with van der Waals surface area (Å²) in [4.78, 5) is 14.6. The van der Waals surface area contributed by atoms with Crippen molar-refractivity contribution in [3.8, 4) is 0 Å². The first-order chi connectivity index (χ1) is 8.88. The van der Waals surface area contributed by atoms with Crippen LogP contribution in [0, 0.1) is 5.92 Å². The van der Waals surface area contributed by atoms with E-state index in [4.69, 9.17) is 0 Å². The second-order valence-corrected chi connectivity index (χ2v) is 5.74. The van der Waals surface area contributed by atoms with Crippen LogP contribution in [-0.2, 0) is 6.42 Å². The van der Waals surface area contributed by atoms with Crippen molar-refractivity contribution in [1.29, 1.82) is 0 Å². The van der Waals surface area contributed by atoms with Crippen molar-refractivity contribution in [2.24, 2.45) is 5.92 Å². The van der Waals surface area contributed by atoms with E-state index < -0.39 is 0 Å². The van der Waals surface area contributed by atoms with Crippen LogP contribution >= 0.6 is 0 Å². The average Bonchev–Trinajstić information content (AvgIpc) is 2.44. The molecule has 0 heterocycles. The lowest BCUT2D eigenvalue weighted by molar-refractivity contribution is 0.0791. The average molecular weight is 261 g/mol. The second kappa shape index (κ2) is 6.85. The molecule has 2 unspecified atom stereocenters. The fourth-order valence-electron chi connectivity index (χ4n) is 2.15. The number of carbonyl (C=O) groups is 1. The Bertz CT molecular complexity index is 408. The molecule has 0 radical (unpaired) electrons. The van der Waals surface area contributed by atoms with E-state index >= 15 is 0 Å². The molecule has 0 N–H and O–H groups in total. The second-order valence-electron chi connectivity index (χ2n) is 5.74. The normalized spacial score (nSPS) is 14.7. The van der Waals surface area contributed by atoms with Crippen molar-refractivity contribution in [1.82, 2.24) is 4.90 Å². The highest BCUT2D eigenvalue weighted by molar-refractivity contribution is 5.99. The molecule has 0 saturated carbocycles. The van der Waals surface area contributed by atoms with Crippen LogP contribution in [0.2, 0.25) is 0 Å². The molecule has 1 aromatic rings. The Morgan fingerprint density at radius 2 is 1.63 bits per heavy atom. The maximum absolute atomic E-state index is 12.5. The Hall–Kier alpha value is -1.15. The van der Waals surface area contributed by atoms with Crippen molar-refractivity contribution in [2.45, 2.75) is 53.1 Å². The number of ketones is 1. The third-order valence-corrected chi connectivity index (χ3v) is 4.24. The van der Waals surface area contributed by atoms with Gasteiger partial charge in [0.1, 0.15) is 0 Å². The monoisotopic (exact) mass is 261 g/mol. The van der Waals surface area contributed by atoms with Gasteiger partial charge in [0.2, 0.25) is 0 Å². The molecular formula is C17H27NO. The summed E-state index contributed by atoms with van der Waals surface area (Å²) in [6, 6.07) is 8.31. The Kier molecular flexibility index (Phi) is 5.74. The van der Waals surface area contributed by atoms with Crippen LogP contribution in [0.4, 0.5) is 0 Å². The molecule has 0 saturated heterocycles. The molecule has 2 heteroatoms. The molecule has 0 fully saturated rings. The number of likely N-dealkylation sites (N-methyl/N-ethyl adjacent to an activating group) is 1. The molecule has 0 amide bonds. The van der Waals surface area contributed by atoms with Gasteiger partial charge in [-0.2, -0.15) is 0 Å². The van der Waals surface area contributed by atoms with Crippen LogP contribution in [-0.4, -0.2) is 29.8 Å². The van der Waals surface area contributed by atoms with Gasteiger partial charge in [-0.1, -0.05) is 45.0 Å². The lowest BCUT2D eigenvalue weighted by Gasteiger charge is -2.32. The fraction of sp³-hybridized carbons (Fsp3) is 0.588. The van der Waals surface area contributed by atoms with E-state index in [1.807, 2.05) is 38.2 Å². The predicted octanol–water partition coefficient (Wildman–Crippen LogP) is 3.80. The molecule has 0 spiro atoms. The SMILES string of the molecule is CCc1ccc(C(=O)C(C)N(C)C(C)C(C)C)cc1. The van der Waals surface area contributed by atoms with Crippen LogP contribution in [0.15, 0.2) is 24.3 Å². The molecule has 0 aromatic heterocycles. The molecule has 106 valence electrons. The van der Waals surface area contributed by atoms with Crippen molar-refractivity contribution in [3.05, 3.63) is 35.4 Å². The number of nitrogens with zero attached hydrogens (tertiary/aromatic N) is 1. The molecule has 19 heavy (non-hydrogen) atoms. The van der Waals surface area contributed by atoms with Crippen molar-refractivity contribution >= 4 is 5.78 Å². The van der Waals surface area contributed by atoms with E-state index in [9.17, 15) is 4.79 Å². The zero-order valence-corrected chi connectivity index (χ0v) is 13.1. The molecule has 2 nitrogen and oxygen atoms in total. The minimum Gasteiger partial charge on any atom is -0.294 e. The van der Waals surface area contributed by atoms with Crippen LogP contribution in [0.5, 0.6) is 0 Å². The van der Waals surface area contributed by atoms with Crippen LogP contribution in [0.1, 0.15) is 50.5 Å². The number of aryl methyl sites for hydroxylation is 1. The summed E-state index contributed by atoms with van der Waals surface area (Å²) in [6.45, 7) is 10.7. The number of hydrogen-bond donors (Lipinski definition) is 0.